The van der Waals surface area contributed by atoms with Gasteiger partial charge in [-0.15, -0.1) is 0 Å². The van der Waals surface area contributed by atoms with Crippen molar-refractivity contribution in [3.05, 3.63) is 109 Å². The minimum Gasteiger partial charge on any atom is -0.493 e. The fourth-order valence-electron chi connectivity index (χ4n) is 3.29. The molecule has 3 aromatic carbocycles. The van der Waals surface area contributed by atoms with E-state index >= 15 is 4.39 Å². The Balaban J connectivity index is 0.00000137. The van der Waals surface area contributed by atoms with Crippen LogP contribution in [0.2, 0.25) is 0 Å². The van der Waals surface area contributed by atoms with Crippen LogP contribution in [0.3, 0.4) is 0 Å². The van der Waals surface area contributed by atoms with Crippen LogP contribution in [-0.2, 0) is 19.2 Å². The molecule has 0 saturated heterocycles. The van der Waals surface area contributed by atoms with Crippen molar-refractivity contribution in [3.8, 4) is 45.3 Å². The van der Waals surface area contributed by atoms with Crippen molar-refractivity contribution in [3.63, 3.8) is 0 Å². The van der Waals surface area contributed by atoms with Gasteiger partial charge in [0.25, 0.3) is 0 Å². The number of esters is 3. The number of hydrogen-bond donors (Lipinski definition) is 0. The number of methoxy groups -OCH3 is 1. The molecule has 0 fully saturated rings. The molecule has 0 aliphatic rings. The number of halogens is 1. The van der Waals surface area contributed by atoms with Gasteiger partial charge < -0.3 is 18.9 Å². The summed E-state index contributed by atoms with van der Waals surface area (Å²) in [5.41, 5.74) is 2.51. The Bertz CT molecular complexity index is 1670. The summed E-state index contributed by atoms with van der Waals surface area (Å²) in [6, 6.07) is 13.6. The SMILES string of the molecule is C=C(C)C(=O)Oc1ccc(-c2ccc(-c3ccc(OC)c(OC(=O)C(=C)C)c3)cc2F)c(OC(=O)C(=C)C)c1.C=C(C)C=O.CC. The largest absolute Gasteiger partial charge is 0.493 e. The highest BCUT2D eigenvalue weighted by atomic mass is 19.1. The van der Waals surface area contributed by atoms with Gasteiger partial charge in [0.1, 0.15) is 23.6 Å². The first kappa shape index (κ1) is 38.5. The van der Waals surface area contributed by atoms with Crippen molar-refractivity contribution < 1.29 is 42.5 Å². The van der Waals surface area contributed by atoms with E-state index in [0.29, 0.717) is 22.4 Å². The monoisotopic (exact) mass is 630 g/mol. The number of allylic oxidation sites excluding steroid dienone is 1. The molecule has 0 N–H and O–H groups in total. The smallest absolute Gasteiger partial charge is 0.338 e. The molecule has 0 aliphatic heterocycles. The third-order valence-corrected chi connectivity index (χ3v) is 5.57. The second kappa shape index (κ2) is 18.3. The maximum Gasteiger partial charge on any atom is 0.338 e. The Morgan fingerprint density at radius 1 is 0.630 bits per heavy atom. The lowest BCUT2D eigenvalue weighted by Crippen LogP contribution is -2.11. The van der Waals surface area contributed by atoms with Gasteiger partial charge in [-0.3, -0.25) is 4.79 Å². The zero-order chi connectivity index (χ0) is 35.1. The van der Waals surface area contributed by atoms with E-state index in [9.17, 15) is 19.2 Å². The summed E-state index contributed by atoms with van der Waals surface area (Å²) in [7, 11) is 1.44. The summed E-state index contributed by atoms with van der Waals surface area (Å²) in [4.78, 5) is 45.7. The van der Waals surface area contributed by atoms with Crippen molar-refractivity contribution in [2.75, 3.05) is 7.11 Å². The summed E-state index contributed by atoms with van der Waals surface area (Å²) in [6.07, 6.45) is 0.722. The summed E-state index contributed by atoms with van der Waals surface area (Å²) in [5, 5.41) is 0. The van der Waals surface area contributed by atoms with Gasteiger partial charge in [-0.05, 0) is 74.7 Å². The number of rotatable bonds is 10. The predicted molar refractivity (Wildman–Crippen MR) is 177 cm³/mol. The van der Waals surface area contributed by atoms with Crippen LogP contribution >= 0.6 is 0 Å². The molecule has 0 atom stereocenters. The Morgan fingerprint density at radius 2 is 1.09 bits per heavy atom. The van der Waals surface area contributed by atoms with E-state index in [1.54, 1.807) is 31.2 Å². The van der Waals surface area contributed by atoms with Crippen LogP contribution in [-0.4, -0.2) is 31.3 Å². The first-order valence-electron chi connectivity index (χ1n) is 14.0. The number of carbonyl (C=O) groups is 4. The van der Waals surface area contributed by atoms with Crippen molar-refractivity contribution >= 4 is 24.2 Å². The topological polar surface area (TPSA) is 105 Å². The van der Waals surface area contributed by atoms with Gasteiger partial charge in [-0.2, -0.15) is 0 Å². The summed E-state index contributed by atoms with van der Waals surface area (Å²) in [6.45, 7) is 24.1. The molecule has 3 aromatic rings. The lowest BCUT2D eigenvalue weighted by Gasteiger charge is -2.15. The Hall–Kier alpha value is -5.57. The highest BCUT2D eigenvalue weighted by Crippen LogP contribution is 2.38. The van der Waals surface area contributed by atoms with Crippen molar-refractivity contribution in [1.29, 1.82) is 0 Å². The zero-order valence-electron chi connectivity index (χ0n) is 27.2. The molecule has 46 heavy (non-hydrogen) atoms. The first-order chi connectivity index (χ1) is 21.7. The molecular formula is C37H39FO8. The average Bonchev–Trinajstić information content (AvgIpc) is 3.02. The second-order valence-corrected chi connectivity index (χ2v) is 9.69. The van der Waals surface area contributed by atoms with Crippen molar-refractivity contribution in [2.24, 2.45) is 0 Å². The molecule has 0 amide bonds. The van der Waals surface area contributed by atoms with E-state index in [-0.39, 0.29) is 45.1 Å². The third-order valence-electron chi connectivity index (χ3n) is 5.57. The quantitative estimate of drug-likeness (QED) is 0.0952. The van der Waals surface area contributed by atoms with Crippen LogP contribution in [0.15, 0.2) is 103 Å². The minimum atomic E-state index is -0.730. The van der Waals surface area contributed by atoms with Gasteiger partial charge in [-0.1, -0.05) is 58.4 Å². The minimum absolute atomic E-state index is 0.0277. The standard InChI is InChI=1S/C31H27FO7.C4H6O.C2H6/c1-17(2)29(33)37-22-10-12-24(27(16-22)38-30(34)18(3)4)23-11-8-20(14-25(23)32)21-9-13-26(36-7)28(15-21)39-31(35)19(5)6;1-4(2)3-5;1-2/h8-16H,1,3,5H2,2,4,6-7H3;3H,1H2,2H3;1-2H3. The maximum absolute atomic E-state index is 15.5. The zero-order valence-corrected chi connectivity index (χ0v) is 27.2. The normalized spacial score (nSPS) is 9.57. The van der Waals surface area contributed by atoms with Gasteiger partial charge in [0.2, 0.25) is 0 Å². The lowest BCUT2D eigenvalue weighted by atomic mass is 9.98. The van der Waals surface area contributed by atoms with Crippen LogP contribution in [0, 0.1) is 5.82 Å². The molecule has 0 aromatic heterocycles. The number of ether oxygens (including phenoxy) is 4. The van der Waals surface area contributed by atoms with Gasteiger partial charge in [0.15, 0.2) is 11.5 Å². The number of hydrogen-bond acceptors (Lipinski definition) is 8. The summed E-state index contributed by atoms with van der Waals surface area (Å²) in [5.74, 6) is -2.11. The fraction of sp³-hybridized carbons (Fsp3) is 0.189. The molecule has 0 bridgehead atoms. The second-order valence-electron chi connectivity index (χ2n) is 9.69. The molecule has 0 unspecified atom stereocenters. The Labute approximate surface area is 269 Å². The molecule has 0 heterocycles. The van der Waals surface area contributed by atoms with E-state index in [2.05, 4.69) is 26.3 Å². The van der Waals surface area contributed by atoms with Crippen LogP contribution < -0.4 is 18.9 Å². The summed E-state index contributed by atoms with van der Waals surface area (Å²) < 4.78 is 36.8. The summed E-state index contributed by atoms with van der Waals surface area (Å²) >= 11 is 0. The number of carbonyl (C=O) groups excluding carboxylic acids is 4. The predicted octanol–water partition coefficient (Wildman–Crippen LogP) is 8.40. The van der Waals surface area contributed by atoms with E-state index in [1.165, 1.54) is 58.2 Å². The lowest BCUT2D eigenvalue weighted by molar-refractivity contribution is -0.131. The van der Waals surface area contributed by atoms with Gasteiger partial charge in [0.05, 0.1) is 7.11 Å². The fourth-order valence-corrected chi connectivity index (χ4v) is 3.29. The van der Waals surface area contributed by atoms with Gasteiger partial charge >= 0.3 is 17.9 Å². The molecular weight excluding hydrogens is 591 g/mol. The van der Waals surface area contributed by atoms with E-state index in [0.717, 1.165) is 6.29 Å². The van der Waals surface area contributed by atoms with E-state index in [1.807, 2.05) is 13.8 Å². The number of aldehydes is 1. The maximum atomic E-state index is 15.5. The van der Waals surface area contributed by atoms with Crippen molar-refractivity contribution in [2.45, 2.75) is 41.5 Å². The highest BCUT2D eigenvalue weighted by molar-refractivity contribution is 5.92. The molecule has 0 aliphatic carbocycles. The van der Waals surface area contributed by atoms with E-state index < -0.39 is 23.7 Å². The highest BCUT2D eigenvalue weighted by Gasteiger charge is 2.19. The average molecular weight is 631 g/mol. The van der Waals surface area contributed by atoms with Crippen LogP contribution in [0.1, 0.15) is 41.5 Å². The Morgan fingerprint density at radius 3 is 1.57 bits per heavy atom. The molecule has 242 valence electrons. The Kier molecular flexibility index (Phi) is 15.3. The molecule has 9 heteroatoms. The molecule has 3 rings (SSSR count). The van der Waals surface area contributed by atoms with Crippen LogP contribution in [0.4, 0.5) is 4.39 Å². The third kappa shape index (κ3) is 11.2. The molecule has 0 spiro atoms. The van der Waals surface area contributed by atoms with Crippen LogP contribution in [0.25, 0.3) is 22.3 Å². The van der Waals surface area contributed by atoms with Crippen molar-refractivity contribution in [1.82, 2.24) is 0 Å². The van der Waals surface area contributed by atoms with Crippen LogP contribution in [0.5, 0.6) is 23.0 Å². The number of benzene rings is 3. The first-order valence-corrected chi connectivity index (χ1v) is 14.0. The van der Waals surface area contributed by atoms with Gasteiger partial charge in [-0.25, -0.2) is 18.8 Å². The van der Waals surface area contributed by atoms with E-state index in [4.69, 9.17) is 18.9 Å². The molecule has 0 saturated carbocycles. The van der Waals surface area contributed by atoms with Gasteiger partial charge in [0, 0.05) is 33.9 Å². The molecule has 8 nitrogen and oxygen atoms in total. The molecule has 0 radical (unpaired) electrons.